The van der Waals surface area contributed by atoms with E-state index < -0.39 is 17.8 Å². The van der Waals surface area contributed by atoms with Gasteiger partial charge in [-0.15, -0.1) is 0 Å². The van der Waals surface area contributed by atoms with E-state index >= 15 is 0 Å². The molecule has 0 saturated heterocycles. The highest BCUT2D eigenvalue weighted by Crippen LogP contribution is 2.33. The molecule has 0 radical (unpaired) electrons. The predicted molar refractivity (Wildman–Crippen MR) is 128 cm³/mol. The fraction of sp³-hybridized carbons (Fsp3) is 0.0769. The van der Waals surface area contributed by atoms with E-state index in [2.05, 4.69) is 20.6 Å². The lowest BCUT2D eigenvalue weighted by molar-refractivity contribution is -0.117. The minimum atomic E-state index is -0.630. The maximum atomic E-state index is 12.9. The van der Waals surface area contributed by atoms with Crippen molar-refractivity contribution >= 4 is 30.1 Å². The number of methoxy groups -OCH3 is 1. The molecule has 4 rings (SSSR count). The van der Waals surface area contributed by atoms with Crippen molar-refractivity contribution in [2.75, 3.05) is 13.9 Å². The molecule has 1 heterocycles. The standard InChI is InChI=1S/C26H21N3O6/c1-33-26(32)20-10-7-17(8-11-20)15-27-29-25(31)21(28-24(30)19-5-3-2-4-6-19)13-18-9-12-22-23(14-18)35-16-34-22/h2-15H,16H2,1H3,(H,28,30)(H,29,31)/b21-13-,27-15+. The van der Waals surface area contributed by atoms with Gasteiger partial charge in [-0.25, -0.2) is 10.2 Å². The summed E-state index contributed by atoms with van der Waals surface area (Å²) in [5.74, 6) is -0.385. The molecule has 0 saturated carbocycles. The maximum Gasteiger partial charge on any atom is 0.337 e. The van der Waals surface area contributed by atoms with E-state index in [-0.39, 0.29) is 12.5 Å². The molecular weight excluding hydrogens is 450 g/mol. The molecule has 2 N–H and O–H groups in total. The Labute approximate surface area is 201 Å². The van der Waals surface area contributed by atoms with Gasteiger partial charge in [0.15, 0.2) is 11.5 Å². The average Bonchev–Trinajstić information content (AvgIpc) is 3.36. The number of benzene rings is 3. The molecule has 1 aliphatic heterocycles. The summed E-state index contributed by atoms with van der Waals surface area (Å²) < 4.78 is 15.4. The first-order chi connectivity index (χ1) is 17.0. The number of hydrogen-bond donors (Lipinski definition) is 2. The summed E-state index contributed by atoms with van der Waals surface area (Å²) in [6.45, 7) is 0.121. The number of nitrogens with zero attached hydrogens (tertiary/aromatic N) is 1. The van der Waals surface area contributed by atoms with Crippen LogP contribution in [0.3, 0.4) is 0 Å². The van der Waals surface area contributed by atoms with Crippen LogP contribution >= 0.6 is 0 Å². The second-order valence-corrected chi connectivity index (χ2v) is 7.30. The number of hydrazone groups is 1. The van der Waals surface area contributed by atoms with Crippen LogP contribution in [0.1, 0.15) is 31.8 Å². The van der Waals surface area contributed by atoms with Crippen molar-refractivity contribution < 1.29 is 28.6 Å². The molecule has 0 spiro atoms. The van der Waals surface area contributed by atoms with Gasteiger partial charge in [-0.05, 0) is 53.6 Å². The minimum Gasteiger partial charge on any atom is -0.465 e. The summed E-state index contributed by atoms with van der Waals surface area (Å²) in [5.41, 5.74) is 4.45. The second kappa shape index (κ2) is 10.8. The smallest absolute Gasteiger partial charge is 0.337 e. The number of fused-ring (bicyclic) bond motifs is 1. The van der Waals surface area contributed by atoms with Crippen LogP contribution in [-0.4, -0.2) is 37.9 Å². The average molecular weight is 471 g/mol. The predicted octanol–water partition coefficient (Wildman–Crippen LogP) is 3.12. The van der Waals surface area contributed by atoms with E-state index in [0.717, 1.165) is 0 Å². The molecule has 1 aliphatic rings. The molecule has 0 aromatic heterocycles. The lowest BCUT2D eigenvalue weighted by Crippen LogP contribution is -2.32. The molecule has 2 amide bonds. The summed E-state index contributed by atoms with van der Waals surface area (Å²) >= 11 is 0. The molecule has 176 valence electrons. The molecule has 0 unspecified atom stereocenters. The number of hydrogen-bond acceptors (Lipinski definition) is 7. The molecule has 9 heteroatoms. The summed E-state index contributed by atoms with van der Waals surface area (Å²) in [7, 11) is 1.30. The number of nitrogens with one attached hydrogen (secondary N) is 2. The van der Waals surface area contributed by atoms with Crippen molar-refractivity contribution in [1.82, 2.24) is 10.7 Å². The number of carbonyl (C=O) groups is 3. The van der Waals surface area contributed by atoms with Crippen molar-refractivity contribution in [1.29, 1.82) is 0 Å². The third kappa shape index (κ3) is 5.91. The fourth-order valence-electron chi connectivity index (χ4n) is 3.16. The van der Waals surface area contributed by atoms with Gasteiger partial charge in [0.05, 0.1) is 18.9 Å². The quantitative estimate of drug-likeness (QED) is 0.237. The van der Waals surface area contributed by atoms with Gasteiger partial charge in [0, 0.05) is 5.56 Å². The van der Waals surface area contributed by atoms with Crippen molar-refractivity contribution in [2.24, 2.45) is 5.10 Å². The molecule has 3 aromatic carbocycles. The molecule has 0 aliphatic carbocycles. The second-order valence-electron chi connectivity index (χ2n) is 7.30. The van der Waals surface area contributed by atoms with E-state index in [4.69, 9.17) is 9.47 Å². The summed E-state index contributed by atoms with van der Waals surface area (Å²) in [4.78, 5) is 37.1. The molecule has 0 bridgehead atoms. The van der Waals surface area contributed by atoms with Crippen LogP contribution < -0.4 is 20.2 Å². The Morgan fingerprint density at radius 1 is 0.886 bits per heavy atom. The fourth-order valence-corrected chi connectivity index (χ4v) is 3.16. The highest BCUT2D eigenvalue weighted by atomic mass is 16.7. The monoisotopic (exact) mass is 471 g/mol. The maximum absolute atomic E-state index is 12.9. The Morgan fingerprint density at radius 2 is 1.60 bits per heavy atom. The van der Waals surface area contributed by atoms with Crippen LogP contribution in [0.5, 0.6) is 11.5 Å². The zero-order chi connectivity index (χ0) is 24.6. The van der Waals surface area contributed by atoms with Crippen molar-refractivity contribution in [3.63, 3.8) is 0 Å². The van der Waals surface area contributed by atoms with Crippen LogP contribution in [0.15, 0.2) is 83.6 Å². The van der Waals surface area contributed by atoms with Crippen molar-refractivity contribution in [3.8, 4) is 11.5 Å². The molecule has 0 fully saturated rings. The Hall–Kier alpha value is -4.92. The van der Waals surface area contributed by atoms with Crippen molar-refractivity contribution in [2.45, 2.75) is 0 Å². The zero-order valence-corrected chi connectivity index (χ0v) is 18.7. The van der Waals surface area contributed by atoms with Gasteiger partial charge in [0.25, 0.3) is 11.8 Å². The van der Waals surface area contributed by atoms with Crippen LogP contribution in [0.4, 0.5) is 0 Å². The first-order valence-electron chi connectivity index (χ1n) is 10.5. The number of amides is 2. The van der Waals surface area contributed by atoms with Gasteiger partial charge < -0.3 is 19.5 Å². The Bertz CT molecular complexity index is 1300. The largest absolute Gasteiger partial charge is 0.465 e. The normalized spacial score (nSPS) is 12.3. The first-order valence-corrected chi connectivity index (χ1v) is 10.5. The van der Waals surface area contributed by atoms with Gasteiger partial charge in [-0.2, -0.15) is 5.10 Å². The van der Waals surface area contributed by atoms with Gasteiger partial charge in [0.1, 0.15) is 5.70 Å². The minimum absolute atomic E-state index is 0.0177. The molecular formula is C26H21N3O6. The number of ether oxygens (including phenoxy) is 3. The number of rotatable bonds is 7. The van der Waals surface area contributed by atoms with Gasteiger partial charge in [0.2, 0.25) is 6.79 Å². The molecule has 9 nitrogen and oxygen atoms in total. The van der Waals surface area contributed by atoms with E-state index in [0.29, 0.717) is 33.8 Å². The van der Waals surface area contributed by atoms with Crippen LogP contribution in [0.25, 0.3) is 6.08 Å². The summed E-state index contributed by atoms with van der Waals surface area (Å²) in [5, 5.41) is 6.60. The first kappa shape index (κ1) is 23.2. The molecule has 3 aromatic rings. The van der Waals surface area contributed by atoms with E-state index in [9.17, 15) is 14.4 Å². The number of carbonyl (C=O) groups excluding carboxylic acids is 3. The van der Waals surface area contributed by atoms with Crippen LogP contribution in [-0.2, 0) is 9.53 Å². The topological polar surface area (TPSA) is 115 Å². The summed E-state index contributed by atoms with van der Waals surface area (Å²) in [6, 6.07) is 20.2. The van der Waals surface area contributed by atoms with E-state index in [1.54, 1.807) is 72.8 Å². The Morgan fingerprint density at radius 3 is 2.34 bits per heavy atom. The van der Waals surface area contributed by atoms with E-state index in [1.807, 2.05) is 0 Å². The lowest BCUT2D eigenvalue weighted by Gasteiger charge is -2.09. The Kier molecular flexibility index (Phi) is 7.17. The third-order valence-electron chi connectivity index (χ3n) is 4.95. The van der Waals surface area contributed by atoms with Crippen LogP contribution in [0.2, 0.25) is 0 Å². The van der Waals surface area contributed by atoms with Gasteiger partial charge in [-0.1, -0.05) is 36.4 Å². The molecule has 0 atom stereocenters. The SMILES string of the molecule is COC(=O)c1ccc(/C=N/NC(=O)/C(=C/c2ccc3c(c2)OCO3)NC(=O)c2ccccc2)cc1. The Balaban J connectivity index is 1.52. The zero-order valence-electron chi connectivity index (χ0n) is 18.7. The van der Waals surface area contributed by atoms with Gasteiger partial charge in [-0.3, -0.25) is 9.59 Å². The van der Waals surface area contributed by atoms with Gasteiger partial charge >= 0.3 is 5.97 Å². The third-order valence-corrected chi connectivity index (χ3v) is 4.95. The molecule has 35 heavy (non-hydrogen) atoms. The highest BCUT2D eigenvalue weighted by molar-refractivity contribution is 6.05. The lowest BCUT2D eigenvalue weighted by atomic mass is 10.1. The number of esters is 1. The summed E-state index contributed by atoms with van der Waals surface area (Å²) in [6.07, 6.45) is 2.93. The van der Waals surface area contributed by atoms with E-state index in [1.165, 1.54) is 19.4 Å². The van der Waals surface area contributed by atoms with Crippen molar-refractivity contribution in [3.05, 3.63) is 101 Å². The highest BCUT2D eigenvalue weighted by Gasteiger charge is 2.17. The van der Waals surface area contributed by atoms with Crippen LogP contribution in [0, 0.1) is 0 Å².